The van der Waals surface area contributed by atoms with E-state index in [1.807, 2.05) is 0 Å². The molecule has 9 heteroatoms. The minimum atomic E-state index is -0.515. The zero-order valence-corrected chi connectivity index (χ0v) is 17.4. The van der Waals surface area contributed by atoms with Gasteiger partial charge < -0.3 is 24.3 Å². The molecule has 2 aromatic rings. The van der Waals surface area contributed by atoms with Gasteiger partial charge in [0, 0.05) is 11.1 Å². The van der Waals surface area contributed by atoms with Crippen molar-refractivity contribution in [2.45, 2.75) is 0 Å². The number of hydrazone groups is 1. The van der Waals surface area contributed by atoms with Crippen LogP contribution in [-0.4, -0.2) is 52.5 Å². The highest BCUT2D eigenvalue weighted by atomic mass is 16.5. The zero-order valence-electron chi connectivity index (χ0n) is 17.4. The number of carbonyl (C=O) groups is 2. The van der Waals surface area contributed by atoms with E-state index >= 15 is 0 Å². The highest BCUT2D eigenvalue weighted by Crippen LogP contribution is 2.38. The van der Waals surface area contributed by atoms with E-state index in [-0.39, 0.29) is 18.7 Å². The van der Waals surface area contributed by atoms with Crippen molar-refractivity contribution in [2.75, 3.05) is 34.5 Å². The van der Waals surface area contributed by atoms with Gasteiger partial charge in [-0.15, -0.1) is 6.42 Å². The van der Waals surface area contributed by atoms with E-state index < -0.39 is 11.8 Å². The predicted octanol–water partition coefficient (Wildman–Crippen LogP) is 1.60. The second-order valence-electron chi connectivity index (χ2n) is 5.92. The van der Waals surface area contributed by atoms with Crippen LogP contribution >= 0.6 is 0 Å². The Morgan fingerprint density at radius 1 is 1.06 bits per heavy atom. The molecule has 0 aliphatic heterocycles. The van der Waals surface area contributed by atoms with Crippen molar-refractivity contribution in [3.63, 3.8) is 0 Å². The average Bonchev–Trinajstić information content (AvgIpc) is 2.80. The quantitative estimate of drug-likeness (QED) is 0.340. The first-order chi connectivity index (χ1) is 15.0. The van der Waals surface area contributed by atoms with Gasteiger partial charge in [-0.2, -0.15) is 5.10 Å². The molecule has 162 valence electrons. The van der Waals surface area contributed by atoms with Crippen molar-refractivity contribution in [3.05, 3.63) is 47.5 Å². The predicted molar refractivity (Wildman–Crippen MR) is 115 cm³/mol. The van der Waals surface area contributed by atoms with Crippen LogP contribution in [0.4, 0.5) is 0 Å². The first-order valence-corrected chi connectivity index (χ1v) is 9.09. The van der Waals surface area contributed by atoms with E-state index in [0.29, 0.717) is 28.6 Å². The van der Waals surface area contributed by atoms with Crippen molar-refractivity contribution in [2.24, 2.45) is 5.10 Å². The summed E-state index contributed by atoms with van der Waals surface area (Å²) in [6, 6.07) is 10.1. The fourth-order valence-corrected chi connectivity index (χ4v) is 2.53. The third-order valence-corrected chi connectivity index (χ3v) is 3.96. The number of rotatable bonds is 10. The Kier molecular flexibility index (Phi) is 8.73. The molecular formula is C22H23N3O6. The topological polar surface area (TPSA) is 107 Å². The third-order valence-electron chi connectivity index (χ3n) is 3.96. The number of amides is 2. The SMILES string of the molecule is C#CCOc1ccccc1/C=N/NC(=O)CNC(=O)c1cc(OC)c(OC)c(OC)c1. The van der Waals surface area contributed by atoms with Gasteiger partial charge in [-0.05, 0) is 24.3 Å². The van der Waals surface area contributed by atoms with E-state index in [0.717, 1.165) is 0 Å². The van der Waals surface area contributed by atoms with Gasteiger partial charge in [0.25, 0.3) is 11.8 Å². The summed E-state index contributed by atoms with van der Waals surface area (Å²) in [5, 5.41) is 6.38. The molecule has 0 saturated carbocycles. The number of hydrogen-bond donors (Lipinski definition) is 2. The number of benzene rings is 2. The van der Waals surface area contributed by atoms with E-state index in [1.165, 1.54) is 39.7 Å². The Morgan fingerprint density at radius 3 is 2.35 bits per heavy atom. The highest BCUT2D eigenvalue weighted by Gasteiger charge is 2.17. The number of hydrogen-bond acceptors (Lipinski definition) is 7. The Balaban J connectivity index is 1.96. The van der Waals surface area contributed by atoms with Gasteiger partial charge in [0.1, 0.15) is 12.4 Å². The first-order valence-electron chi connectivity index (χ1n) is 9.09. The number of nitrogens with one attached hydrogen (secondary N) is 2. The molecule has 2 rings (SSSR count). The van der Waals surface area contributed by atoms with Crippen molar-refractivity contribution in [1.29, 1.82) is 0 Å². The van der Waals surface area contributed by atoms with E-state index in [4.69, 9.17) is 25.4 Å². The molecule has 0 aliphatic rings. The average molecular weight is 425 g/mol. The van der Waals surface area contributed by atoms with Crippen LogP contribution in [0.5, 0.6) is 23.0 Å². The second-order valence-corrected chi connectivity index (χ2v) is 5.92. The van der Waals surface area contributed by atoms with Crippen LogP contribution < -0.4 is 29.7 Å². The summed E-state index contributed by atoms with van der Waals surface area (Å²) in [5.74, 6) is 2.92. The molecule has 31 heavy (non-hydrogen) atoms. The van der Waals surface area contributed by atoms with Gasteiger partial charge in [0.2, 0.25) is 5.75 Å². The maximum absolute atomic E-state index is 12.4. The summed E-state index contributed by atoms with van der Waals surface area (Å²) in [6.45, 7) is -0.174. The molecular weight excluding hydrogens is 402 g/mol. The summed E-state index contributed by atoms with van der Waals surface area (Å²) < 4.78 is 21.1. The van der Waals surface area contributed by atoms with Gasteiger partial charge in [-0.1, -0.05) is 18.1 Å². The zero-order chi connectivity index (χ0) is 22.6. The summed E-state index contributed by atoms with van der Waals surface area (Å²) >= 11 is 0. The summed E-state index contributed by atoms with van der Waals surface area (Å²) in [6.07, 6.45) is 6.61. The second kappa shape index (κ2) is 11.7. The van der Waals surface area contributed by atoms with Crippen LogP contribution in [0.3, 0.4) is 0 Å². The Morgan fingerprint density at radius 2 is 1.74 bits per heavy atom. The van der Waals surface area contributed by atoms with Gasteiger partial charge in [0.15, 0.2) is 11.5 Å². The monoisotopic (exact) mass is 425 g/mol. The summed E-state index contributed by atoms with van der Waals surface area (Å²) in [5.41, 5.74) is 3.21. The van der Waals surface area contributed by atoms with Crippen molar-refractivity contribution < 1.29 is 28.5 Å². The number of terminal acetylenes is 1. The Bertz CT molecular complexity index is 972. The molecule has 0 aliphatic carbocycles. The minimum absolute atomic E-state index is 0.115. The molecule has 0 saturated heterocycles. The number of carbonyl (C=O) groups excluding carboxylic acids is 2. The Hall–Kier alpha value is -4.19. The van der Waals surface area contributed by atoms with Crippen LogP contribution in [-0.2, 0) is 4.79 Å². The highest BCUT2D eigenvalue weighted by molar-refractivity contribution is 5.97. The van der Waals surface area contributed by atoms with E-state index in [9.17, 15) is 9.59 Å². The van der Waals surface area contributed by atoms with E-state index in [2.05, 4.69) is 21.8 Å². The van der Waals surface area contributed by atoms with Crippen LogP contribution in [0.1, 0.15) is 15.9 Å². The molecule has 0 radical (unpaired) electrons. The standard InChI is InChI=1S/C22H23N3O6/c1-5-10-31-17-9-7-6-8-15(17)13-24-25-20(26)14-23-22(27)16-11-18(28-2)21(30-4)19(12-16)29-3/h1,6-9,11-13H,10,14H2,2-4H3,(H,23,27)(H,25,26)/b24-13+. The lowest BCUT2D eigenvalue weighted by molar-refractivity contribution is -0.120. The van der Waals surface area contributed by atoms with Crippen molar-refractivity contribution >= 4 is 18.0 Å². The van der Waals surface area contributed by atoms with Crippen LogP contribution in [0.15, 0.2) is 41.5 Å². The molecule has 2 N–H and O–H groups in total. The number of methoxy groups -OCH3 is 3. The third kappa shape index (κ3) is 6.40. The maximum atomic E-state index is 12.4. The van der Waals surface area contributed by atoms with Gasteiger partial charge in [-0.3, -0.25) is 9.59 Å². The molecule has 0 spiro atoms. The van der Waals surface area contributed by atoms with Gasteiger partial charge in [0.05, 0.1) is 34.1 Å². The molecule has 0 heterocycles. The van der Waals surface area contributed by atoms with Crippen LogP contribution in [0, 0.1) is 12.3 Å². The van der Waals surface area contributed by atoms with Crippen LogP contribution in [0.25, 0.3) is 0 Å². The number of ether oxygens (including phenoxy) is 4. The number of para-hydroxylation sites is 1. The molecule has 0 unspecified atom stereocenters. The van der Waals surface area contributed by atoms with Crippen LogP contribution in [0.2, 0.25) is 0 Å². The smallest absolute Gasteiger partial charge is 0.259 e. The Labute approximate surface area is 180 Å². The summed E-state index contributed by atoms with van der Waals surface area (Å²) in [7, 11) is 4.35. The molecule has 0 fully saturated rings. The number of nitrogens with zero attached hydrogens (tertiary/aromatic N) is 1. The normalized spacial score (nSPS) is 10.1. The molecule has 2 amide bonds. The minimum Gasteiger partial charge on any atom is -0.493 e. The molecule has 0 bridgehead atoms. The van der Waals surface area contributed by atoms with Gasteiger partial charge >= 0.3 is 0 Å². The van der Waals surface area contributed by atoms with Crippen molar-refractivity contribution in [1.82, 2.24) is 10.7 Å². The lowest BCUT2D eigenvalue weighted by atomic mass is 10.1. The largest absolute Gasteiger partial charge is 0.493 e. The first kappa shape index (κ1) is 23.1. The lowest BCUT2D eigenvalue weighted by Gasteiger charge is -2.14. The maximum Gasteiger partial charge on any atom is 0.259 e. The molecule has 2 aromatic carbocycles. The lowest BCUT2D eigenvalue weighted by Crippen LogP contribution is -2.35. The van der Waals surface area contributed by atoms with E-state index in [1.54, 1.807) is 24.3 Å². The molecule has 0 atom stereocenters. The molecule has 0 aromatic heterocycles. The summed E-state index contributed by atoms with van der Waals surface area (Å²) in [4.78, 5) is 24.4. The molecule has 9 nitrogen and oxygen atoms in total. The van der Waals surface area contributed by atoms with Crippen molar-refractivity contribution in [3.8, 4) is 35.3 Å². The van der Waals surface area contributed by atoms with Gasteiger partial charge in [-0.25, -0.2) is 5.43 Å². The fraction of sp³-hybridized carbons (Fsp3) is 0.227. The fourth-order valence-electron chi connectivity index (χ4n) is 2.53.